The highest BCUT2D eigenvalue weighted by Crippen LogP contribution is 2.36. The average molecular weight is 314 g/mol. The highest BCUT2D eigenvalue weighted by Gasteiger charge is 2.14. The molecule has 0 bridgehead atoms. The minimum atomic E-state index is -0.204. The fourth-order valence-corrected chi connectivity index (χ4v) is 3.28. The maximum Gasteiger partial charge on any atom is 0.123 e. The van der Waals surface area contributed by atoms with Crippen LogP contribution in [0.1, 0.15) is 18.5 Å². The molecule has 0 aliphatic carbocycles. The lowest BCUT2D eigenvalue weighted by atomic mass is 9.97. The van der Waals surface area contributed by atoms with E-state index in [4.69, 9.17) is 0 Å². The largest absolute Gasteiger partial charge is 0.313 e. The van der Waals surface area contributed by atoms with Gasteiger partial charge in [0.2, 0.25) is 0 Å². The third kappa shape index (κ3) is 2.59. The Labute approximate surface area is 113 Å². The predicted molar refractivity (Wildman–Crippen MR) is 74.9 cm³/mol. The molecule has 0 fully saturated rings. The quantitative estimate of drug-likeness (QED) is 0.873. The van der Waals surface area contributed by atoms with Crippen LogP contribution in [0.2, 0.25) is 0 Å². The van der Waals surface area contributed by atoms with Crippen molar-refractivity contribution in [3.63, 3.8) is 0 Å². The fourth-order valence-electron chi connectivity index (χ4n) is 1.77. The first kappa shape index (κ1) is 12.7. The number of rotatable bonds is 3. The second-order valence-electron chi connectivity index (χ2n) is 3.88. The van der Waals surface area contributed by atoms with Crippen LogP contribution in [0.4, 0.5) is 4.39 Å². The minimum absolute atomic E-state index is 0.192. The van der Waals surface area contributed by atoms with Crippen LogP contribution in [0, 0.1) is 5.82 Å². The molecule has 0 radical (unpaired) electrons. The number of benzene rings is 1. The second kappa shape index (κ2) is 5.29. The van der Waals surface area contributed by atoms with Gasteiger partial charge in [-0.25, -0.2) is 4.39 Å². The summed E-state index contributed by atoms with van der Waals surface area (Å²) in [6, 6.07) is 5.14. The molecule has 0 aliphatic rings. The lowest BCUT2D eigenvalue weighted by Crippen LogP contribution is -2.13. The molecule has 1 nitrogen and oxygen atoms in total. The van der Waals surface area contributed by atoms with Crippen molar-refractivity contribution in [3.8, 4) is 11.1 Å². The molecule has 1 heterocycles. The van der Waals surface area contributed by atoms with Gasteiger partial charge in [0.1, 0.15) is 5.82 Å². The van der Waals surface area contributed by atoms with E-state index in [0.29, 0.717) is 0 Å². The SMILES string of the molecule is CNC(C)c1ccc(F)cc1-c1cscc1Br. The van der Waals surface area contributed by atoms with Crippen LogP contribution in [0.3, 0.4) is 0 Å². The molecule has 4 heteroatoms. The van der Waals surface area contributed by atoms with Gasteiger partial charge in [-0.05, 0) is 58.5 Å². The summed E-state index contributed by atoms with van der Waals surface area (Å²) in [4.78, 5) is 0. The van der Waals surface area contributed by atoms with Crippen molar-refractivity contribution in [1.29, 1.82) is 0 Å². The fraction of sp³-hybridized carbons (Fsp3) is 0.231. The van der Waals surface area contributed by atoms with Crippen molar-refractivity contribution < 1.29 is 4.39 Å². The zero-order valence-corrected chi connectivity index (χ0v) is 12.0. The summed E-state index contributed by atoms with van der Waals surface area (Å²) in [5.41, 5.74) is 3.10. The molecular weight excluding hydrogens is 301 g/mol. The van der Waals surface area contributed by atoms with E-state index >= 15 is 0 Å². The smallest absolute Gasteiger partial charge is 0.123 e. The van der Waals surface area contributed by atoms with Gasteiger partial charge < -0.3 is 5.32 Å². The van der Waals surface area contributed by atoms with Crippen LogP contribution in [-0.2, 0) is 0 Å². The van der Waals surface area contributed by atoms with Crippen molar-refractivity contribution in [3.05, 3.63) is 44.8 Å². The molecule has 17 heavy (non-hydrogen) atoms. The summed E-state index contributed by atoms with van der Waals surface area (Å²) in [7, 11) is 1.90. The van der Waals surface area contributed by atoms with Gasteiger partial charge in [0.05, 0.1) is 0 Å². The normalized spacial score (nSPS) is 12.7. The third-order valence-electron chi connectivity index (χ3n) is 2.82. The van der Waals surface area contributed by atoms with Gasteiger partial charge >= 0.3 is 0 Å². The van der Waals surface area contributed by atoms with Crippen molar-refractivity contribution in [2.75, 3.05) is 7.05 Å². The monoisotopic (exact) mass is 313 g/mol. The van der Waals surface area contributed by atoms with E-state index in [0.717, 1.165) is 21.2 Å². The van der Waals surface area contributed by atoms with Crippen molar-refractivity contribution >= 4 is 27.3 Å². The lowest BCUT2D eigenvalue weighted by Gasteiger charge is -2.15. The Morgan fingerprint density at radius 1 is 1.29 bits per heavy atom. The Kier molecular flexibility index (Phi) is 3.97. The first-order chi connectivity index (χ1) is 8.13. The molecule has 0 amide bonds. The van der Waals surface area contributed by atoms with E-state index in [9.17, 15) is 4.39 Å². The zero-order valence-electron chi connectivity index (χ0n) is 9.63. The van der Waals surface area contributed by atoms with Gasteiger partial charge in [-0.2, -0.15) is 11.3 Å². The summed E-state index contributed by atoms with van der Waals surface area (Å²) >= 11 is 5.11. The van der Waals surface area contributed by atoms with E-state index < -0.39 is 0 Å². The average Bonchev–Trinajstić information content (AvgIpc) is 2.74. The van der Waals surface area contributed by atoms with Gasteiger partial charge in [-0.15, -0.1) is 0 Å². The minimum Gasteiger partial charge on any atom is -0.313 e. The lowest BCUT2D eigenvalue weighted by molar-refractivity contribution is 0.620. The number of nitrogens with one attached hydrogen (secondary N) is 1. The Bertz CT molecular complexity index is 524. The van der Waals surface area contributed by atoms with Crippen molar-refractivity contribution in [2.24, 2.45) is 0 Å². The maximum atomic E-state index is 13.4. The molecule has 1 atom stereocenters. The van der Waals surface area contributed by atoms with Crippen LogP contribution in [0.5, 0.6) is 0 Å². The first-order valence-corrected chi connectivity index (χ1v) is 7.06. The molecule has 1 aromatic carbocycles. The summed E-state index contributed by atoms with van der Waals surface area (Å²) in [6.07, 6.45) is 0. The number of thiophene rings is 1. The standard InChI is InChI=1S/C13H13BrFNS/c1-8(16-2)10-4-3-9(15)5-11(10)12-6-17-7-13(12)14/h3-8,16H,1-2H3. The van der Waals surface area contributed by atoms with Gasteiger partial charge in [-0.1, -0.05) is 6.07 Å². The first-order valence-electron chi connectivity index (χ1n) is 5.32. The molecule has 90 valence electrons. The Morgan fingerprint density at radius 3 is 2.65 bits per heavy atom. The van der Waals surface area contributed by atoms with Crippen LogP contribution in [0.25, 0.3) is 11.1 Å². The van der Waals surface area contributed by atoms with Crippen molar-refractivity contribution in [1.82, 2.24) is 5.32 Å². The molecule has 1 unspecified atom stereocenters. The van der Waals surface area contributed by atoms with E-state index in [2.05, 4.69) is 28.2 Å². The Morgan fingerprint density at radius 2 is 2.06 bits per heavy atom. The Balaban J connectivity index is 2.59. The number of hydrogen-bond donors (Lipinski definition) is 1. The zero-order chi connectivity index (χ0) is 12.4. The van der Waals surface area contributed by atoms with Gasteiger partial charge in [0, 0.05) is 21.5 Å². The van der Waals surface area contributed by atoms with Gasteiger partial charge in [-0.3, -0.25) is 0 Å². The van der Waals surface area contributed by atoms with Crippen LogP contribution < -0.4 is 5.32 Å². The topological polar surface area (TPSA) is 12.0 Å². The molecular formula is C13H13BrFNS. The second-order valence-corrected chi connectivity index (χ2v) is 5.47. The van der Waals surface area contributed by atoms with E-state index in [1.807, 2.05) is 23.9 Å². The molecule has 2 rings (SSSR count). The van der Waals surface area contributed by atoms with Crippen LogP contribution in [-0.4, -0.2) is 7.05 Å². The van der Waals surface area contributed by atoms with E-state index in [-0.39, 0.29) is 11.9 Å². The number of halogens is 2. The van der Waals surface area contributed by atoms with Crippen LogP contribution >= 0.6 is 27.3 Å². The summed E-state index contributed by atoms with van der Waals surface area (Å²) in [5.74, 6) is -0.204. The summed E-state index contributed by atoms with van der Waals surface area (Å²) in [5, 5.41) is 7.23. The third-order valence-corrected chi connectivity index (χ3v) is 4.52. The summed E-state index contributed by atoms with van der Waals surface area (Å²) < 4.78 is 14.4. The molecule has 1 N–H and O–H groups in total. The van der Waals surface area contributed by atoms with Gasteiger partial charge in [0.25, 0.3) is 0 Å². The molecule has 0 saturated carbocycles. The highest BCUT2D eigenvalue weighted by molar-refractivity contribution is 9.10. The summed E-state index contributed by atoms with van der Waals surface area (Å²) in [6.45, 7) is 2.07. The maximum absolute atomic E-state index is 13.4. The van der Waals surface area contributed by atoms with E-state index in [1.165, 1.54) is 6.07 Å². The van der Waals surface area contributed by atoms with Gasteiger partial charge in [0.15, 0.2) is 0 Å². The molecule has 2 aromatic rings. The Hall–Kier alpha value is -0.710. The predicted octanol–water partition coefficient (Wildman–Crippen LogP) is 4.60. The number of hydrogen-bond acceptors (Lipinski definition) is 2. The van der Waals surface area contributed by atoms with E-state index in [1.54, 1.807) is 17.4 Å². The van der Waals surface area contributed by atoms with Crippen LogP contribution in [0.15, 0.2) is 33.4 Å². The molecule has 0 aliphatic heterocycles. The van der Waals surface area contributed by atoms with Crippen molar-refractivity contribution in [2.45, 2.75) is 13.0 Å². The molecule has 0 spiro atoms. The molecule has 0 saturated heterocycles. The highest BCUT2D eigenvalue weighted by atomic mass is 79.9. The molecule has 1 aromatic heterocycles.